The van der Waals surface area contributed by atoms with Gasteiger partial charge in [-0.2, -0.15) is 0 Å². The SMILES string of the molecule is CCCCCCc1ccc(C#Cc2ccc(OCCCCC(=O)O[C@H]3CC[C@@]4(C)C(=CC[C@H]5[C@@H]6CC[C@H]([C@H](C)CCCC(C)C)[C@@]6(C)CC[C@@H]54)C3)cc2)cc1. The Labute approximate surface area is 336 Å². The fraction of sp³-hybridized carbons (Fsp3) is 0.673. The second-order valence-electron chi connectivity index (χ2n) is 19.2. The largest absolute Gasteiger partial charge is 0.494 e. The van der Waals surface area contributed by atoms with Crippen LogP contribution in [0.2, 0.25) is 0 Å². The third kappa shape index (κ3) is 10.5. The van der Waals surface area contributed by atoms with Crippen molar-refractivity contribution in [2.45, 2.75) is 170 Å². The predicted octanol–water partition coefficient (Wildman–Crippen LogP) is 13.7. The van der Waals surface area contributed by atoms with E-state index < -0.39 is 0 Å². The molecule has 300 valence electrons. The molecule has 0 radical (unpaired) electrons. The molecule has 3 heteroatoms. The van der Waals surface area contributed by atoms with Crippen LogP contribution in [-0.4, -0.2) is 18.7 Å². The number of fused-ring (bicyclic) bond motifs is 5. The lowest BCUT2D eigenvalue weighted by Gasteiger charge is -2.58. The summed E-state index contributed by atoms with van der Waals surface area (Å²) in [5.74, 6) is 12.5. The molecule has 3 fully saturated rings. The van der Waals surface area contributed by atoms with E-state index in [1.807, 2.05) is 24.3 Å². The van der Waals surface area contributed by atoms with E-state index in [-0.39, 0.29) is 17.5 Å². The zero-order valence-corrected chi connectivity index (χ0v) is 35.6. The van der Waals surface area contributed by atoms with Crippen molar-refractivity contribution in [3.8, 4) is 17.6 Å². The first-order valence-electron chi connectivity index (χ1n) is 22.8. The van der Waals surface area contributed by atoms with Crippen LogP contribution in [0, 0.1) is 58.2 Å². The van der Waals surface area contributed by atoms with E-state index in [1.165, 1.54) is 89.0 Å². The summed E-state index contributed by atoms with van der Waals surface area (Å²) in [6.07, 6.45) is 25.3. The second kappa shape index (κ2) is 19.4. The lowest BCUT2D eigenvalue weighted by molar-refractivity contribution is -0.151. The number of benzene rings is 2. The van der Waals surface area contributed by atoms with Crippen LogP contribution in [0.5, 0.6) is 5.75 Å². The molecule has 8 atom stereocenters. The minimum absolute atomic E-state index is 0.0392. The number of hydrogen-bond donors (Lipinski definition) is 0. The molecule has 0 aromatic heterocycles. The highest BCUT2D eigenvalue weighted by Crippen LogP contribution is 2.67. The topological polar surface area (TPSA) is 35.5 Å². The van der Waals surface area contributed by atoms with Crippen molar-refractivity contribution in [3.05, 3.63) is 76.9 Å². The number of allylic oxidation sites excluding steroid dienone is 1. The summed E-state index contributed by atoms with van der Waals surface area (Å²) < 4.78 is 12.1. The molecule has 3 nitrogen and oxygen atoms in total. The van der Waals surface area contributed by atoms with Gasteiger partial charge in [-0.1, -0.05) is 116 Å². The van der Waals surface area contributed by atoms with Crippen molar-refractivity contribution in [2.75, 3.05) is 6.61 Å². The van der Waals surface area contributed by atoms with Gasteiger partial charge in [-0.25, -0.2) is 0 Å². The fourth-order valence-corrected chi connectivity index (χ4v) is 11.8. The zero-order chi connectivity index (χ0) is 38.8. The minimum atomic E-state index is -0.0413. The third-order valence-corrected chi connectivity index (χ3v) is 15.1. The maximum absolute atomic E-state index is 12.9. The number of carbonyl (C=O) groups excluding carboxylic acids is 1. The van der Waals surface area contributed by atoms with Gasteiger partial charge in [-0.05, 0) is 159 Å². The van der Waals surface area contributed by atoms with Crippen molar-refractivity contribution in [3.63, 3.8) is 0 Å². The minimum Gasteiger partial charge on any atom is -0.494 e. The monoisotopic (exact) mass is 747 g/mol. The molecule has 0 unspecified atom stereocenters. The number of aryl methyl sites for hydroxylation is 1. The quantitative estimate of drug-likeness (QED) is 0.0700. The summed E-state index contributed by atoms with van der Waals surface area (Å²) in [5.41, 5.74) is 5.84. The number of rotatable bonds is 17. The van der Waals surface area contributed by atoms with E-state index in [9.17, 15) is 4.79 Å². The van der Waals surface area contributed by atoms with Gasteiger partial charge in [-0.15, -0.1) is 0 Å². The molecule has 0 saturated heterocycles. The second-order valence-corrected chi connectivity index (χ2v) is 19.2. The number of carbonyl (C=O) groups is 1. The number of unbranched alkanes of at least 4 members (excludes halogenated alkanes) is 4. The van der Waals surface area contributed by atoms with Crippen LogP contribution in [0.15, 0.2) is 60.2 Å². The molecule has 4 aliphatic rings. The maximum Gasteiger partial charge on any atom is 0.306 e. The highest BCUT2D eigenvalue weighted by Gasteiger charge is 2.59. The molecule has 6 rings (SSSR count). The Hall–Kier alpha value is -2.99. The van der Waals surface area contributed by atoms with Gasteiger partial charge in [-0.3, -0.25) is 4.79 Å². The Kier molecular flexibility index (Phi) is 14.7. The van der Waals surface area contributed by atoms with Gasteiger partial charge in [0.1, 0.15) is 11.9 Å². The van der Waals surface area contributed by atoms with Gasteiger partial charge in [0.05, 0.1) is 6.61 Å². The standard InChI is InChI=1S/C52H74O3/c1-7-8-9-10-16-40-18-20-41(21-19-40)22-23-42-24-27-44(28-25-42)54-36-12-11-17-50(53)55-45-32-34-51(5)43(37-45)26-29-46-48-31-30-47(39(4)15-13-14-38(2)3)52(48,6)35-33-49(46)51/h18-21,24-28,38-39,45-49H,7-17,29-37H2,1-6H3/t39-,45+,46+,47-,48+,49+,51+,52-/m1/s1. The van der Waals surface area contributed by atoms with E-state index in [0.717, 1.165) is 84.5 Å². The van der Waals surface area contributed by atoms with E-state index in [1.54, 1.807) is 5.57 Å². The summed E-state index contributed by atoms with van der Waals surface area (Å²) in [6, 6.07) is 16.7. The molecular weight excluding hydrogens is 673 g/mol. The molecule has 3 saturated carbocycles. The van der Waals surface area contributed by atoms with E-state index in [2.05, 4.69) is 83.7 Å². The average Bonchev–Trinajstić information content (AvgIpc) is 3.54. The van der Waals surface area contributed by atoms with Gasteiger partial charge in [0.15, 0.2) is 0 Å². The normalized spacial score (nSPS) is 28.9. The van der Waals surface area contributed by atoms with Crippen molar-refractivity contribution < 1.29 is 14.3 Å². The molecule has 4 aliphatic carbocycles. The first-order valence-corrected chi connectivity index (χ1v) is 22.8. The van der Waals surface area contributed by atoms with Crippen LogP contribution in [0.4, 0.5) is 0 Å². The third-order valence-electron chi connectivity index (χ3n) is 15.1. The molecule has 2 aromatic carbocycles. The first kappa shape index (κ1) is 41.6. The summed E-state index contributed by atoms with van der Waals surface area (Å²) in [4.78, 5) is 12.9. The number of esters is 1. The number of hydrogen-bond acceptors (Lipinski definition) is 3. The van der Waals surface area contributed by atoms with Crippen LogP contribution in [0.3, 0.4) is 0 Å². The smallest absolute Gasteiger partial charge is 0.306 e. The highest BCUT2D eigenvalue weighted by molar-refractivity contribution is 5.69. The average molecular weight is 747 g/mol. The molecular formula is C52H74O3. The Balaban J connectivity index is 0.891. The van der Waals surface area contributed by atoms with Crippen LogP contribution >= 0.6 is 0 Å². The molecule has 0 spiro atoms. The Bertz CT molecular complexity index is 1610. The Morgan fingerprint density at radius 1 is 0.800 bits per heavy atom. The van der Waals surface area contributed by atoms with E-state index >= 15 is 0 Å². The maximum atomic E-state index is 12.9. The van der Waals surface area contributed by atoms with Crippen molar-refractivity contribution in [1.82, 2.24) is 0 Å². The van der Waals surface area contributed by atoms with Gasteiger partial charge >= 0.3 is 5.97 Å². The van der Waals surface area contributed by atoms with E-state index in [4.69, 9.17) is 9.47 Å². The van der Waals surface area contributed by atoms with Crippen LogP contribution in [0.25, 0.3) is 0 Å². The lowest BCUT2D eigenvalue weighted by Crippen LogP contribution is -2.51. The summed E-state index contributed by atoms with van der Waals surface area (Å²) in [6.45, 7) is 15.4. The molecule has 0 amide bonds. The van der Waals surface area contributed by atoms with Gasteiger partial charge in [0, 0.05) is 24.0 Å². The van der Waals surface area contributed by atoms with Crippen molar-refractivity contribution in [1.29, 1.82) is 0 Å². The van der Waals surface area contributed by atoms with Gasteiger partial charge < -0.3 is 9.47 Å². The molecule has 0 N–H and O–H groups in total. The zero-order valence-electron chi connectivity index (χ0n) is 35.6. The Morgan fingerprint density at radius 3 is 2.27 bits per heavy atom. The molecule has 2 aromatic rings. The predicted molar refractivity (Wildman–Crippen MR) is 229 cm³/mol. The van der Waals surface area contributed by atoms with Crippen LogP contribution in [-0.2, 0) is 16.0 Å². The summed E-state index contributed by atoms with van der Waals surface area (Å²) >= 11 is 0. The molecule has 0 aliphatic heterocycles. The van der Waals surface area contributed by atoms with E-state index in [0.29, 0.717) is 18.4 Å². The summed E-state index contributed by atoms with van der Waals surface area (Å²) in [7, 11) is 0. The summed E-state index contributed by atoms with van der Waals surface area (Å²) in [5, 5.41) is 0. The van der Waals surface area contributed by atoms with Gasteiger partial charge in [0.2, 0.25) is 0 Å². The highest BCUT2D eigenvalue weighted by atomic mass is 16.5. The van der Waals surface area contributed by atoms with Crippen LogP contribution < -0.4 is 4.74 Å². The Morgan fingerprint density at radius 2 is 1.55 bits per heavy atom. The van der Waals surface area contributed by atoms with Crippen molar-refractivity contribution in [2.24, 2.45) is 46.3 Å². The molecule has 55 heavy (non-hydrogen) atoms. The fourth-order valence-electron chi connectivity index (χ4n) is 11.8. The van der Waals surface area contributed by atoms with Gasteiger partial charge in [0.25, 0.3) is 0 Å². The molecule has 0 bridgehead atoms. The molecule has 0 heterocycles. The van der Waals surface area contributed by atoms with Crippen LogP contribution in [0.1, 0.15) is 174 Å². The number of ether oxygens (including phenoxy) is 2. The van der Waals surface area contributed by atoms with Crippen molar-refractivity contribution >= 4 is 5.97 Å². The first-order chi connectivity index (χ1) is 26.6. The lowest BCUT2D eigenvalue weighted by atomic mass is 9.47.